The van der Waals surface area contributed by atoms with Crippen LogP contribution in [-0.2, 0) is 29.1 Å². The van der Waals surface area contributed by atoms with Gasteiger partial charge < -0.3 is 19.8 Å². The highest BCUT2D eigenvalue weighted by molar-refractivity contribution is 6.31. The van der Waals surface area contributed by atoms with Crippen LogP contribution in [0.15, 0.2) is 72.8 Å². The number of aliphatic carboxylic acids is 1. The number of nitrogens with zero attached hydrogens (tertiary/aromatic N) is 4. The van der Waals surface area contributed by atoms with Gasteiger partial charge in [0.25, 0.3) is 5.91 Å². The first-order valence-corrected chi connectivity index (χ1v) is 14.4. The summed E-state index contributed by atoms with van der Waals surface area (Å²) in [5.74, 6) is -1.45. The van der Waals surface area contributed by atoms with Crippen LogP contribution in [0.1, 0.15) is 33.5 Å². The van der Waals surface area contributed by atoms with Gasteiger partial charge in [-0.05, 0) is 41.3 Å². The maximum absolute atomic E-state index is 13.6. The van der Waals surface area contributed by atoms with Crippen molar-refractivity contribution in [3.05, 3.63) is 100 Å². The molecule has 0 aliphatic carbocycles. The van der Waals surface area contributed by atoms with Gasteiger partial charge in [-0.25, -0.2) is 0 Å². The van der Waals surface area contributed by atoms with Crippen molar-refractivity contribution in [2.24, 2.45) is 0 Å². The largest absolute Gasteiger partial charge is 0.481 e. The maximum Gasteiger partial charge on any atom is 0.305 e. The topological polar surface area (TPSA) is 84.4 Å². The van der Waals surface area contributed by atoms with E-state index in [1.54, 1.807) is 17.0 Å². The van der Waals surface area contributed by atoms with Crippen LogP contribution >= 0.6 is 11.6 Å². The van der Waals surface area contributed by atoms with E-state index >= 15 is 0 Å². The van der Waals surface area contributed by atoms with Crippen molar-refractivity contribution in [1.29, 1.82) is 0 Å². The second-order valence-corrected chi connectivity index (χ2v) is 11.0. The Hall–Kier alpha value is -3.88. The number of amides is 2. The predicted octanol–water partition coefficient (Wildman–Crippen LogP) is 4.16. The van der Waals surface area contributed by atoms with Crippen LogP contribution in [0.2, 0.25) is 5.02 Å². The number of carboxylic acids is 1. The molecule has 41 heavy (non-hydrogen) atoms. The van der Waals surface area contributed by atoms with E-state index in [4.69, 9.17) is 11.6 Å². The number of piperazine rings is 1. The Morgan fingerprint density at radius 1 is 0.902 bits per heavy atom. The van der Waals surface area contributed by atoms with Crippen LogP contribution in [0.5, 0.6) is 0 Å². The number of carbonyl (C=O) groups is 3. The van der Waals surface area contributed by atoms with Crippen molar-refractivity contribution in [1.82, 2.24) is 14.7 Å². The molecule has 1 N–H and O–H groups in total. The van der Waals surface area contributed by atoms with E-state index in [2.05, 4.69) is 40.1 Å². The summed E-state index contributed by atoms with van der Waals surface area (Å²) in [5, 5.41) is 9.73. The molecule has 2 heterocycles. The number of fused-ring (bicyclic) bond motifs is 1. The molecule has 0 spiro atoms. The van der Waals surface area contributed by atoms with Crippen LogP contribution in [0.4, 0.5) is 5.69 Å². The summed E-state index contributed by atoms with van der Waals surface area (Å²) < 4.78 is 0. The molecule has 1 fully saturated rings. The molecular formula is C32H35ClN4O4. The molecule has 2 aliphatic heterocycles. The molecule has 0 atom stereocenters. The third-order valence-electron chi connectivity index (χ3n) is 7.84. The number of benzene rings is 3. The molecule has 2 amide bonds. The molecule has 214 valence electrons. The Morgan fingerprint density at radius 2 is 1.63 bits per heavy atom. The summed E-state index contributed by atoms with van der Waals surface area (Å²) in [4.78, 5) is 46.0. The highest BCUT2D eigenvalue weighted by Crippen LogP contribution is 2.26. The van der Waals surface area contributed by atoms with Gasteiger partial charge in [0, 0.05) is 68.6 Å². The van der Waals surface area contributed by atoms with Gasteiger partial charge >= 0.3 is 5.97 Å². The first-order chi connectivity index (χ1) is 19.9. The third kappa shape index (κ3) is 7.26. The standard InChI is InChI=1S/C32H35ClN4O4/c33-29-9-5-4-8-26(29)22-36(15-13-31(39)40)30(38)23-37-14-12-25-10-11-27(20-28(25)32(37)41)35-18-16-34(17-19-35)21-24-6-2-1-3-7-24/h1-11,20H,12-19,21-23H2,(H,39,40). The van der Waals surface area contributed by atoms with E-state index in [-0.39, 0.29) is 37.9 Å². The van der Waals surface area contributed by atoms with Crippen molar-refractivity contribution in [2.45, 2.75) is 25.9 Å². The number of hydrogen-bond acceptors (Lipinski definition) is 5. The highest BCUT2D eigenvalue weighted by atomic mass is 35.5. The number of carboxylic acid groups (broad SMARTS) is 1. The molecule has 5 rings (SSSR count). The molecule has 0 bridgehead atoms. The summed E-state index contributed by atoms with van der Waals surface area (Å²) in [7, 11) is 0. The second kappa shape index (κ2) is 13.2. The Balaban J connectivity index is 1.23. The zero-order chi connectivity index (χ0) is 28.8. The predicted molar refractivity (Wildman–Crippen MR) is 159 cm³/mol. The van der Waals surface area contributed by atoms with Crippen molar-refractivity contribution in [2.75, 3.05) is 50.7 Å². The van der Waals surface area contributed by atoms with E-state index in [0.29, 0.717) is 23.6 Å². The lowest BCUT2D eigenvalue weighted by molar-refractivity contribution is -0.139. The summed E-state index contributed by atoms with van der Waals surface area (Å²) in [6.45, 7) is 5.13. The molecule has 0 radical (unpaired) electrons. The minimum Gasteiger partial charge on any atom is -0.481 e. The monoisotopic (exact) mass is 574 g/mol. The van der Waals surface area contributed by atoms with Gasteiger partial charge in [-0.1, -0.05) is 66.2 Å². The summed E-state index contributed by atoms with van der Waals surface area (Å²) in [6, 6.07) is 23.8. The Labute approximate surface area is 245 Å². The van der Waals surface area contributed by atoms with Crippen molar-refractivity contribution in [3.8, 4) is 0 Å². The van der Waals surface area contributed by atoms with Crippen LogP contribution in [0, 0.1) is 0 Å². The lowest BCUT2D eigenvalue weighted by Crippen LogP contribution is -2.47. The van der Waals surface area contributed by atoms with E-state index in [1.807, 2.05) is 30.3 Å². The molecule has 8 nitrogen and oxygen atoms in total. The molecule has 0 aromatic heterocycles. The quantitative estimate of drug-likeness (QED) is 0.391. The van der Waals surface area contributed by atoms with Crippen molar-refractivity contribution >= 4 is 35.1 Å². The highest BCUT2D eigenvalue weighted by Gasteiger charge is 2.29. The van der Waals surface area contributed by atoms with E-state index in [9.17, 15) is 19.5 Å². The fraction of sp³-hybridized carbons (Fsp3) is 0.344. The van der Waals surface area contributed by atoms with E-state index in [1.165, 1.54) is 10.5 Å². The summed E-state index contributed by atoms with van der Waals surface area (Å²) in [6.07, 6.45) is 0.480. The van der Waals surface area contributed by atoms with Crippen molar-refractivity contribution < 1.29 is 19.5 Å². The van der Waals surface area contributed by atoms with Gasteiger partial charge in [0.1, 0.15) is 6.54 Å². The fourth-order valence-electron chi connectivity index (χ4n) is 5.48. The molecule has 0 unspecified atom stereocenters. The van der Waals surface area contributed by atoms with Crippen molar-refractivity contribution in [3.63, 3.8) is 0 Å². The number of halogens is 1. The van der Waals surface area contributed by atoms with Gasteiger partial charge in [0.2, 0.25) is 5.91 Å². The molecule has 0 saturated carbocycles. The van der Waals surface area contributed by atoms with Gasteiger partial charge in [-0.3, -0.25) is 19.3 Å². The van der Waals surface area contributed by atoms with Gasteiger partial charge in [0.15, 0.2) is 0 Å². The summed E-state index contributed by atoms with van der Waals surface area (Å²) >= 11 is 6.30. The van der Waals surface area contributed by atoms with Gasteiger partial charge in [-0.15, -0.1) is 0 Å². The first-order valence-electron chi connectivity index (χ1n) is 14.0. The van der Waals surface area contributed by atoms with Crippen LogP contribution in [-0.4, -0.2) is 83.4 Å². The first kappa shape index (κ1) is 28.6. The Kier molecular flexibility index (Phi) is 9.21. The number of rotatable bonds is 10. The summed E-state index contributed by atoms with van der Waals surface area (Å²) in [5.41, 5.74) is 4.69. The average molecular weight is 575 g/mol. The van der Waals surface area contributed by atoms with Crippen LogP contribution in [0.3, 0.4) is 0 Å². The zero-order valence-corrected chi connectivity index (χ0v) is 23.8. The number of carbonyl (C=O) groups excluding carboxylic acids is 2. The zero-order valence-electron chi connectivity index (χ0n) is 23.0. The van der Waals surface area contributed by atoms with Gasteiger partial charge in [-0.2, -0.15) is 0 Å². The van der Waals surface area contributed by atoms with Gasteiger partial charge in [0.05, 0.1) is 6.42 Å². The average Bonchev–Trinajstić information content (AvgIpc) is 2.98. The molecule has 1 saturated heterocycles. The fourth-order valence-corrected chi connectivity index (χ4v) is 5.68. The molecule has 3 aromatic rings. The normalized spacial score (nSPS) is 15.5. The van der Waals surface area contributed by atoms with E-state index < -0.39 is 5.97 Å². The number of anilines is 1. The smallest absolute Gasteiger partial charge is 0.305 e. The third-order valence-corrected chi connectivity index (χ3v) is 8.21. The molecular weight excluding hydrogens is 540 g/mol. The SMILES string of the molecule is O=C(O)CCN(Cc1ccccc1Cl)C(=O)CN1CCc2ccc(N3CCN(Cc4ccccc4)CC3)cc2C1=O. The minimum absolute atomic E-state index is 0.0401. The Bertz CT molecular complexity index is 1390. The minimum atomic E-state index is -0.988. The second-order valence-electron chi connectivity index (χ2n) is 10.6. The molecule has 3 aromatic carbocycles. The Morgan fingerprint density at radius 3 is 2.37 bits per heavy atom. The maximum atomic E-state index is 13.6. The number of hydrogen-bond donors (Lipinski definition) is 1. The molecule has 9 heteroatoms. The lowest BCUT2D eigenvalue weighted by Gasteiger charge is -2.37. The van der Waals surface area contributed by atoms with Crippen LogP contribution < -0.4 is 4.90 Å². The van der Waals surface area contributed by atoms with E-state index in [0.717, 1.165) is 49.5 Å². The van der Waals surface area contributed by atoms with Crippen LogP contribution in [0.25, 0.3) is 0 Å². The lowest BCUT2D eigenvalue weighted by atomic mass is 9.97. The molecule has 2 aliphatic rings.